The minimum Gasteiger partial charge on any atom is -0.356 e. The van der Waals surface area contributed by atoms with Crippen LogP contribution in [0.4, 0.5) is 8.78 Å². The number of nitrogens with zero attached hydrogens (tertiary/aromatic N) is 2. The topological polar surface area (TPSA) is 27.6 Å². The van der Waals surface area contributed by atoms with Crippen molar-refractivity contribution in [3.8, 4) is 0 Å². The first-order valence-electron chi connectivity index (χ1n) is 6.02. The summed E-state index contributed by atoms with van der Waals surface area (Å²) in [6.07, 6.45) is 0. The molecule has 0 fully saturated rings. The van der Waals surface area contributed by atoms with Crippen molar-refractivity contribution < 1.29 is 8.78 Å². The molecule has 0 amide bonds. The molecule has 0 aliphatic carbocycles. The molecule has 0 bridgehead atoms. The van der Waals surface area contributed by atoms with Crippen LogP contribution >= 0.6 is 0 Å². The largest absolute Gasteiger partial charge is 0.356 e. The molecule has 0 saturated carbocycles. The second-order valence-corrected chi connectivity index (χ2v) is 4.57. The highest BCUT2D eigenvalue weighted by Gasteiger charge is 2.15. The second kappa shape index (κ2) is 5.33. The minimum atomic E-state index is -0.545. The maximum atomic E-state index is 13.6. The molecular formula is C13H17F2N3. The number of halogens is 2. The van der Waals surface area contributed by atoms with Crippen molar-refractivity contribution >= 4 is 5.96 Å². The zero-order valence-electron chi connectivity index (χ0n) is 10.6. The Morgan fingerprint density at radius 3 is 2.83 bits per heavy atom. The SMILES string of the molecule is CC(CNC1=NCCN1C)c1ccc(F)cc1F. The quantitative estimate of drug-likeness (QED) is 0.891. The number of nitrogens with one attached hydrogen (secondary N) is 1. The molecule has 1 heterocycles. The summed E-state index contributed by atoms with van der Waals surface area (Å²) in [7, 11) is 1.96. The molecule has 1 unspecified atom stereocenters. The Morgan fingerprint density at radius 2 is 2.22 bits per heavy atom. The van der Waals surface area contributed by atoms with Gasteiger partial charge in [0.05, 0.1) is 6.54 Å². The van der Waals surface area contributed by atoms with E-state index in [0.29, 0.717) is 12.1 Å². The third-order valence-electron chi connectivity index (χ3n) is 3.12. The summed E-state index contributed by atoms with van der Waals surface area (Å²) in [5.41, 5.74) is 0.519. The lowest BCUT2D eigenvalue weighted by molar-refractivity contribution is 0.522. The highest BCUT2D eigenvalue weighted by molar-refractivity contribution is 5.81. The maximum absolute atomic E-state index is 13.6. The van der Waals surface area contributed by atoms with Gasteiger partial charge >= 0.3 is 0 Å². The van der Waals surface area contributed by atoms with Crippen LogP contribution in [0.3, 0.4) is 0 Å². The number of hydrogen-bond acceptors (Lipinski definition) is 3. The Labute approximate surface area is 106 Å². The van der Waals surface area contributed by atoms with Gasteiger partial charge in [0.25, 0.3) is 0 Å². The number of hydrogen-bond donors (Lipinski definition) is 1. The van der Waals surface area contributed by atoms with E-state index in [4.69, 9.17) is 0 Å². The zero-order valence-corrected chi connectivity index (χ0v) is 10.6. The first kappa shape index (κ1) is 12.8. The van der Waals surface area contributed by atoms with Gasteiger partial charge in [0.2, 0.25) is 0 Å². The molecule has 98 valence electrons. The fourth-order valence-electron chi connectivity index (χ4n) is 1.98. The number of rotatable bonds is 3. The predicted molar refractivity (Wildman–Crippen MR) is 67.7 cm³/mol. The Balaban J connectivity index is 1.97. The first-order valence-corrected chi connectivity index (χ1v) is 6.02. The van der Waals surface area contributed by atoms with Crippen molar-refractivity contribution in [2.75, 3.05) is 26.7 Å². The molecule has 0 spiro atoms. The lowest BCUT2D eigenvalue weighted by atomic mass is 10.0. The summed E-state index contributed by atoms with van der Waals surface area (Å²) in [4.78, 5) is 6.32. The van der Waals surface area contributed by atoms with E-state index in [-0.39, 0.29) is 5.92 Å². The van der Waals surface area contributed by atoms with Gasteiger partial charge in [-0.15, -0.1) is 0 Å². The predicted octanol–water partition coefficient (Wildman–Crippen LogP) is 1.96. The van der Waals surface area contributed by atoms with Gasteiger partial charge in [0, 0.05) is 32.1 Å². The van der Waals surface area contributed by atoms with Crippen molar-refractivity contribution in [2.45, 2.75) is 12.8 Å². The van der Waals surface area contributed by atoms with Crippen LogP contribution in [-0.4, -0.2) is 37.5 Å². The van der Waals surface area contributed by atoms with E-state index in [9.17, 15) is 8.78 Å². The third-order valence-corrected chi connectivity index (χ3v) is 3.12. The molecule has 1 aliphatic heterocycles. The van der Waals surface area contributed by atoms with E-state index in [1.165, 1.54) is 12.1 Å². The molecular weight excluding hydrogens is 236 g/mol. The summed E-state index contributed by atoms with van der Waals surface area (Å²) in [5.74, 6) is -0.242. The van der Waals surface area contributed by atoms with Gasteiger partial charge in [-0.1, -0.05) is 13.0 Å². The molecule has 1 N–H and O–H groups in total. The van der Waals surface area contributed by atoms with Gasteiger partial charge in [0.15, 0.2) is 5.96 Å². The Kier molecular flexibility index (Phi) is 3.79. The van der Waals surface area contributed by atoms with Gasteiger partial charge in [-0.3, -0.25) is 4.99 Å². The van der Waals surface area contributed by atoms with Crippen molar-refractivity contribution in [2.24, 2.45) is 4.99 Å². The van der Waals surface area contributed by atoms with Crippen molar-refractivity contribution in [3.63, 3.8) is 0 Å². The van der Waals surface area contributed by atoms with E-state index in [0.717, 1.165) is 25.1 Å². The van der Waals surface area contributed by atoms with E-state index < -0.39 is 11.6 Å². The molecule has 1 atom stereocenters. The number of aliphatic imine (C=N–C) groups is 1. The average molecular weight is 253 g/mol. The monoisotopic (exact) mass is 253 g/mol. The van der Waals surface area contributed by atoms with Crippen LogP contribution in [0.15, 0.2) is 23.2 Å². The molecule has 1 aromatic rings. The third kappa shape index (κ3) is 2.78. The number of likely N-dealkylation sites (N-methyl/N-ethyl adjacent to an activating group) is 1. The Bertz CT molecular complexity index is 460. The van der Waals surface area contributed by atoms with Gasteiger partial charge in [-0.25, -0.2) is 8.78 Å². The van der Waals surface area contributed by atoms with Crippen LogP contribution in [0, 0.1) is 11.6 Å². The van der Waals surface area contributed by atoms with Gasteiger partial charge < -0.3 is 10.2 Å². The molecule has 1 aliphatic rings. The molecule has 1 aromatic carbocycles. The molecule has 0 saturated heterocycles. The lowest BCUT2D eigenvalue weighted by Gasteiger charge is -2.19. The minimum absolute atomic E-state index is 0.0395. The van der Waals surface area contributed by atoms with E-state index in [2.05, 4.69) is 10.3 Å². The highest BCUT2D eigenvalue weighted by Crippen LogP contribution is 2.19. The summed E-state index contributed by atoms with van der Waals surface area (Å²) in [6.45, 7) is 4.17. The molecule has 5 heteroatoms. The Hall–Kier alpha value is -1.65. The van der Waals surface area contributed by atoms with Crippen LogP contribution in [-0.2, 0) is 0 Å². The van der Waals surface area contributed by atoms with Crippen LogP contribution in [0.1, 0.15) is 18.4 Å². The Morgan fingerprint density at radius 1 is 1.44 bits per heavy atom. The molecule has 18 heavy (non-hydrogen) atoms. The van der Waals surface area contributed by atoms with Crippen LogP contribution in [0.5, 0.6) is 0 Å². The second-order valence-electron chi connectivity index (χ2n) is 4.57. The zero-order chi connectivity index (χ0) is 13.1. The van der Waals surface area contributed by atoms with Crippen molar-refractivity contribution in [1.82, 2.24) is 10.2 Å². The maximum Gasteiger partial charge on any atom is 0.193 e. The average Bonchev–Trinajstić information content (AvgIpc) is 2.72. The van der Waals surface area contributed by atoms with Gasteiger partial charge in [0.1, 0.15) is 11.6 Å². The van der Waals surface area contributed by atoms with Crippen molar-refractivity contribution in [3.05, 3.63) is 35.4 Å². The van der Waals surface area contributed by atoms with Gasteiger partial charge in [-0.2, -0.15) is 0 Å². The number of benzene rings is 1. The molecule has 0 aromatic heterocycles. The van der Waals surface area contributed by atoms with Crippen LogP contribution in [0.25, 0.3) is 0 Å². The van der Waals surface area contributed by atoms with Crippen LogP contribution < -0.4 is 5.32 Å². The lowest BCUT2D eigenvalue weighted by Crippen LogP contribution is -2.37. The first-order chi connectivity index (χ1) is 8.58. The normalized spacial score (nSPS) is 16.7. The summed E-state index contributed by atoms with van der Waals surface area (Å²) < 4.78 is 26.4. The standard InChI is InChI=1S/C13H17F2N3/c1-9(8-17-13-16-5-6-18(13)2)11-4-3-10(14)7-12(11)15/h3-4,7,9H,5-6,8H2,1-2H3,(H,16,17). The molecule has 3 nitrogen and oxygen atoms in total. The van der Waals surface area contributed by atoms with Crippen molar-refractivity contribution in [1.29, 1.82) is 0 Å². The van der Waals surface area contributed by atoms with E-state index in [1.807, 2.05) is 18.9 Å². The summed E-state index contributed by atoms with van der Waals surface area (Å²) >= 11 is 0. The fraction of sp³-hybridized carbons (Fsp3) is 0.462. The van der Waals surface area contributed by atoms with Crippen LogP contribution in [0.2, 0.25) is 0 Å². The summed E-state index contributed by atoms with van der Waals surface area (Å²) in [5, 5.41) is 3.19. The van der Waals surface area contributed by atoms with Gasteiger partial charge in [-0.05, 0) is 11.6 Å². The van der Waals surface area contributed by atoms with E-state index in [1.54, 1.807) is 0 Å². The number of guanidine groups is 1. The smallest absolute Gasteiger partial charge is 0.193 e. The summed E-state index contributed by atoms with van der Waals surface area (Å²) in [6, 6.07) is 3.70. The molecule has 0 radical (unpaired) electrons. The highest BCUT2D eigenvalue weighted by atomic mass is 19.1. The fourth-order valence-corrected chi connectivity index (χ4v) is 1.98. The molecule has 2 rings (SSSR count). The van der Waals surface area contributed by atoms with E-state index >= 15 is 0 Å².